The van der Waals surface area contributed by atoms with Crippen molar-refractivity contribution >= 4 is 28.3 Å². The highest BCUT2D eigenvalue weighted by atomic mass is 32.2. The molecule has 0 N–H and O–H groups in total. The molecule has 1 aromatic rings. The molecule has 0 aliphatic rings. The summed E-state index contributed by atoms with van der Waals surface area (Å²) < 4.78 is 2.87. The minimum Gasteiger partial charge on any atom is -0.296 e. The zero-order chi connectivity index (χ0) is 6.69. The average molecular weight is 160 g/mol. The number of imidazole rings is 1. The van der Waals surface area contributed by atoms with E-state index in [2.05, 4.69) is 17.6 Å². The maximum Gasteiger partial charge on any atom is 0.0999 e. The van der Waals surface area contributed by atoms with Gasteiger partial charge in [0.2, 0.25) is 0 Å². The zero-order valence-electron chi connectivity index (χ0n) is 5.02. The van der Waals surface area contributed by atoms with Crippen molar-refractivity contribution in [1.82, 2.24) is 9.55 Å². The zero-order valence-corrected chi connectivity index (χ0v) is 6.81. The van der Waals surface area contributed by atoms with Crippen LogP contribution in [0.3, 0.4) is 0 Å². The van der Waals surface area contributed by atoms with Crippen LogP contribution in [0.15, 0.2) is 18.7 Å². The highest BCUT2D eigenvalue weighted by Crippen LogP contribution is 1.95. The van der Waals surface area contributed by atoms with Crippen LogP contribution < -0.4 is 0 Å². The molecule has 1 aromatic heterocycles. The molecule has 0 aliphatic heterocycles. The summed E-state index contributed by atoms with van der Waals surface area (Å²) in [5, 5.41) is 0. The number of rotatable bonds is 0. The Bertz CT molecular complexity index is 203. The first-order valence-electron chi connectivity index (χ1n) is 2.48. The molecule has 0 unspecified atom stereocenters. The predicted molar refractivity (Wildman–Crippen MR) is 46.5 cm³/mol. The summed E-state index contributed by atoms with van der Waals surface area (Å²) in [6, 6.07) is 0. The lowest BCUT2D eigenvalue weighted by Gasteiger charge is -1.95. The van der Waals surface area contributed by atoms with E-state index in [0.29, 0.717) is 0 Å². The molecule has 0 spiro atoms. The van der Waals surface area contributed by atoms with Crippen molar-refractivity contribution in [2.24, 2.45) is 0 Å². The number of aromatic nitrogens is 2. The van der Waals surface area contributed by atoms with Crippen LogP contribution in [0.2, 0.25) is 0 Å². The second-order valence-electron chi connectivity index (χ2n) is 1.49. The topological polar surface area (TPSA) is 17.8 Å². The van der Waals surface area contributed by atoms with Gasteiger partial charge in [-0.15, -0.1) is 12.6 Å². The molecule has 0 aromatic carbocycles. The summed E-state index contributed by atoms with van der Waals surface area (Å²) in [5.74, 6) is 0. The maximum absolute atomic E-state index is 4.21. The van der Waals surface area contributed by atoms with Crippen molar-refractivity contribution in [1.29, 1.82) is 0 Å². The van der Waals surface area contributed by atoms with Gasteiger partial charge in [0.25, 0.3) is 0 Å². The summed E-state index contributed by atoms with van der Waals surface area (Å²) in [6.07, 6.45) is 7.38. The summed E-state index contributed by atoms with van der Waals surface area (Å²) in [4.78, 5) is 3.88. The molecular weight excluding hydrogens is 152 g/mol. The molecule has 1 rings (SSSR count). The summed E-state index contributed by atoms with van der Waals surface area (Å²) in [6.45, 7) is 0. The van der Waals surface area contributed by atoms with Crippen molar-refractivity contribution in [3.8, 4) is 0 Å². The van der Waals surface area contributed by atoms with E-state index < -0.39 is 0 Å². The minimum atomic E-state index is 0.993. The normalized spacial score (nSPS) is 12.9. The van der Waals surface area contributed by atoms with Crippen molar-refractivity contribution in [3.05, 3.63) is 18.7 Å². The molecule has 4 heteroatoms. The molecule has 0 atom stereocenters. The molecule has 50 valence electrons. The third-order valence-electron chi connectivity index (χ3n) is 0.935. The fourth-order valence-electron chi connectivity index (χ4n) is 0.493. The van der Waals surface area contributed by atoms with Gasteiger partial charge in [-0.25, -0.2) is 4.98 Å². The molecule has 0 aliphatic carbocycles. The SMILES string of the molecule is C[SH]=C(S)n1ccnc1. The first-order valence-corrected chi connectivity index (χ1v) is 4.27. The van der Waals surface area contributed by atoms with Crippen molar-refractivity contribution in [3.63, 3.8) is 0 Å². The van der Waals surface area contributed by atoms with Crippen LogP contribution in [0.4, 0.5) is 0 Å². The van der Waals surface area contributed by atoms with Crippen LogP contribution in [-0.2, 0) is 0 Å². The van der Waals surface area contributed by atoms with E-state index in [1.54, 1.807) is 12.5 Å². The van der Waals surface area contributed by atoms with Crippen molar-refractivity contribution < 1.29 is 0 Å². The van der Waals surface area contributed by atoms with Gasteiger partial charge < -0.3 is 0 Å². The van der Waals surface area contributed by atoms with E-state index >= 15 is 0 Å². The summed E-state index contributed by atoms with van der Waals surface area (Å²) in [5.41, 5.74) is 0. The van der Waals surface area contributed by atoms with Gasteiger partial charge in [-0.3, -0.25) is 4.57 Å². The molecule has 0 amide bonds. The quantitative estimate of drug-likeness (QED) is 0.425. The Kier molecular flexibility index (Phi) is 2.36. The van der Waals surface area contributed by atoms with Crippen LogP contribution in [-0.4, -0.2) is 20.1 Å². The van der Waals surface area contributed by atoms with Gasteiger partial charge in [-0.2, -0.15) is 11.4 Å². The Balaban J connectivity index is 2.90. The monoisotopic (exact) mass is 160 g/mol. The van der Waals surface area contributed by atoms with E-state index in [0.717, 1.165) is 15.7 Å². The highest BCUT2D eigenvalue weighted by molar-refractivity contribution is 8.17. The largest absolute Gasteiger partial charge is 0.296 e. The van der Waals surface area contributed by atoms with Crippen LogP contribution in [0.1, 0.15) is 0 Å². The molecule has 0 saturated heterocycles. The third kappa shape index (κ3) is 1.59. The lowest BCUT2D eigenvalue weighted by atomic mass is 10.9. The first-order chi connectivity index (χ1) is 4.34. The molecule has 0 fully saturated rings. The van der Waals surface area contributed by atoms with Gasteiger partial charge in [0.1, 0.15) is 0 Å². The molecular formula is C5H8N2S2. The second-order valence-corrected chi connectivity index (χ2v) is 3.14. The highest BCUT2D eigenvalue weighted by Gasteiger charge is 1.87. The number of hydrogen-bond donors (Lipinski definition) is 2. The Labute approximate surface area is 63.3 Å². The third-order valence-corrected chi connectivity index (χ3v) is 2.40. The predicted octanol–water partition coefficient (Wildman–Crippen LogP) is 0.844. The molecule has 0 saturated carbocycles. The fraction of sp³-hybridized carbons (Fsp3) is 0.200. The first kappa shape index (κ1) is 6.89. The smallest absolute Gasteiger partial charge is 0.0999 e. The Morgan fingerprint density at radius 3 is 3.00 bits per heavy atom. The van der Waals surface area contributed by atoms with Gasteiger partial charge in [0.05, 0.1) is 10.6 Å². The van der Waals surface area contributed by atoms with Crippen LogP contribution in [0.25, 0.3) is 0 Å². The summed E-state index contributed by atoms with van der Waals surface area (Å²) in [7, 11) is 0. The van der Waals surface area contributed by atoms with Gasteiger partial charge >= 0.3 is 0 Å². The van der Waals surface area contributed by atoms with Crippen molar-refractivity contribution in [2.75, 3.05) is 6.26 Å². The Hall–Kier alpha value is -0.220. The Morgan fingerprint density at radius 1 is 1.78 bits per heavy atom. The van der Waals surface area contributed by atoms with Gasteiger partial charge in [-0.05, 0) is 6.26 Å². The van der Waals surface area contributed by atoms with Gasteiger partial charge in [0, 0.05) is 12.4 Å². The standard InChI is InChI=1S/C5H8N2S2/c1-9-5(8)7-3-2-6-4-7/h2-4,8-9H,1H3. The van der Waals surface area contributed by atoms with E-state index in [1.807, 2.05) is 17.0 Å². The molecule has 0 bridgehead atoms. The Morgan fingerprint density at radius 2 is 2.56 bits per heavy atom. The average Bonchev–Trinajstić information content (AvgIpc) is 2.37. The van der Waals surface area contributed by atoms with Crippen LogP contribution in [0.5, 0.6) is 0 Å². The molecule has 1 heterocycles. The number of thiol groups is 2. The lowest BCUT2D eigenvalue weighted by molar-refractivity contribution is 1.18. The van der Waals surface area contributed by atoms with E-state index in [1.165, 1.54) is 0 Å². The van der Waals surface area contributed by atoms with Crippen molar-refractivity contribution in [2.45, 2.75) is 0 Å². The maximum atomic E-state index is 4.21. The molecule has 2 nitrogen and oxygen atoms in total. The van der Waals surface area contributed by atoms with Gasteiger partial charge in [-0.1, -0.05) is 0 Å². The van der Waals surface area contributed by atoms with Gasteiger partial charge in [0.15, 0.2) is 0 Å². The minimum absolute atomic E-state index is 0.993. The number of hydrogen-bond acceptors (Lipinski definition) is 1. The molecule has 0 radical (unpaired) electrons. The summed E-state index contributed by atoms with van der Waals surface area (Å²) >= 11 is 5.37. The van der Waals surface area contributed by atoms with E-state index in [-0.39, 0.29) is 0 Å². The number of nitrogens with zero attached hydrogens (tertiary/aromatic N) is 2. The fourth-order valence-corrected chi connectivity index (χ4v) is 0.960. The van der Waals surface area contributed by atoms with Crippen LogP contribution >= 0.6 is 24.0 Å². The lowest BCUT2D eigenvalue weighted by Crippen LogP contribution is -1.97. The van der Waals surface area contributed by atoms with E-state index in [4.69, 9.17) is 0 Å². The second kappa shape index (κ2) is 3.08. The van der Waals surface area contributed by atoms with E-state index in [9.17, 15) is 0 Å². The molecule has 9 heavy (non-hydrogen) atoms. The van der Waals surface area contributed by atoms with Crippen LogP contribution in [0, 0.1) is 0 Å².